The second kappa shape index (κ2) is 6.13. The number of rotatable bonds is 3. The fourth-order valence-corrected chi connectivity index (χ4v) is 1.63. The van der Waals surface area contributed by atoms with Crippen molar-refractivity contribution in [3.05, 3.63) is 53.5 Å². The van der Waals surface area contributed by atoms with Crippen LogP contribution in [-0.4, -0.2) is 28.1 Å². The van der Waals surface area contributed by atoms with E-state index in [9.17, 15) is 9.18 Å². The smallest absolute Gasteiger partial charge is 0.423 e. The number of aromatic nitrogens is 1. The van der Waals surface area contributed by atoms with Gasteiger partial charge in [0, 0.05) is 17.2 Å². The predicted octanol–water partition coefficient (Wildman–Crippen LogP) is 0.0245. The van der Waals surface area contributed by atoms with Crippen LogP contribution >= 0.6 is 0 Å². The van der Waals surface area contributed by atoms with Gasteiger partial charge in [0.15, 0.2) is 0 Å². The number of carbonyl (C=O) groups excluding carboxylic acids is 1. The van der Waals surface area contributed by atoms with Crippen LogP contribution in [0.3, 0.4) is 0 Å². The second-order valence-electron chi connectivity index (χ2n) is 4.11. The van der Waals surface area contributed by atoms with E-state index in [1.54, 1.807) is 0 Å². The zero-order valence-electron chi connectivity index (χ0n) is 10.6. The van der Waals surface area contributed by atoms with Crippen LogP contribution in [0, 0.1) is 17.1 Å². The summed E-state index contributed by atoms with van der Waals surface area (Å²) in [6.07, 6.45) is 1.36. The number of nitrogens with one attached hydrogen (secondary N) is 1. The van der Waals surface area contributed by atoms with Crippen LogP contribution in [0.15, 0.2) is 36.5 Å². The molecule has 6 nitrogen and oxygen atoms in total. The number of nitrogens with zero attached hydrogens (tertiary/aromatic N) is 2. The van der Waals surface area contributed by atoms with E-state index in [2.05, 4.69) is 10.3 Å². The van der Waals surface area contributed by atoms with E-state index >= 15 is 0 Å². The fraction of sp³-hybridized carbons (Fsp3) is 0. The molecule has 2 aromatic rings. The Kier molecular flexibility index (Phi) is 4.28. The molecule has 0 spiro atoms. The average Bonchev–Trinajstić information content (AvgIpc) is 2.46. The minimum atomic E-state index is -1.95. The summed E-state index contributed by atoms with van der Waals surface area (Å²) in [4.78, 5) is 15.8. The summed E-state index contributed by atoms with van der Waals surface area (Å²) in [5, 5.41) is 29.0. The molecular weight excluding hydrogens is 276 g/mol. The SMILES string of the molecule is N#Cc1ccnc(NC(=O)c2ccc(B(O)O)c(F)c2)c1. The first-order valence-electron chi connectivity index (χ1n) is 5.84. The molecule has 0 unspecified atom stereocenters. The molecular formula is C13H9BFN3O3. The molecule has 8 heteroatoms. The van der Waals surface area contributed by atoms with Gasteiger partial charge in [-0.25, -0.2) is 9.37 Å². The molecule has 0 aliphatic rings. The van der Waals surface area contributed by atoms with Crippen molar-refractivity contribution in [3.63, 3.8) is 0 Å². The van der Waals surface area contributed by atoms with Gasteiger partial charge >= 0.3 is 7.12 Å². The Bertz CT molecular complexity index is 731. The van der Waals surface area contributed by atoms with E-state index in [-0.39, 0.29) is 16.8 Å². The van der Waals surface area contributed by atoms with Crippen LogP contribution < -0.4 is 10.8 Å². The first-order valence-corrected chi connectivity index (χ1v) is 5.84. The highest BCUT2D eigenvalue weighted by atomic mass is 19.1. The standard InChI is InChI=1S/C13H9BFN3O3/c15-11-6-9(1-2-10(11)14(20)21)13(19)18-12-5-8(7-16)3-4-17-12/h1-6,20-21H,(H,17,18,19). The summed E-state index contributed by atoms with van der Waals surface area (Å²) in [5.41, 5.74) is -0.0116. The van der Waals surface area contributed by atoms with Gasteiger partial charge in [-0.1, -0.05) is 6.07 Å². The molecule has 1 amide bonds. The molecule has 2 rings (SSSR count). The molecule has 0 bridgehead atoms. The van der Waals surface area contributed by atoms with Gasteiger partial charge < -0.3 is 15.4 Å². The molecule has 1 aromatic heterocycles. The summed E-state index contributed by atoms with van der Waals surface area (Å²) in [7, 11) is -1.95. The summed E-state index contributed by atoms with van der Waals surface area (Å²) >= 11 is 0. The lowest BCUT2D eigenvalue weighted by Crippen LogP contribution is -2.33. The fourth-order valence-electron chi connectivity index (χ4n) is 1.63. The monoisotopic (exact) mass is 285 g/mol. The van der Waals surface area contributed by atoms with Crippen molar-refractivity contribution in [2.75, 3.05) is 5.32 Å². The van der Waals surface area contributed by atoms with E-state index in [4.69, 9.17) is 15.3 Å². The van der Waals surface area contributed by atoms with Crippen LogP contribution in [0.2, 0.25) is 0 Å². The van der Waals surface area contributed by atoms with Gasteiger partial charge in [0.2, 0.25) is 0 Å². The molecule has 0 radical (unpaired) electrons. The number of nitriles is 1. The van der Waals surface area contributed by atoms with Crippen molar-refractivity contribution in [1.29, 1.82) is 5.26 Å². The third-order valence-electron chi connectivity index (χ3n) is 2.67. The average molecular weight is 285 g/mol. The van der Waals surface area contributed by atoms with Gasteiger partial charge in [0.25, 0.3) is 5.91 Å². The lowest BCUT2D eigenvalue weighted by atomic mass is 9.79. The van der Waals surface area contributed by atoms with Crippen molar-refractivity contribution in [1.82, 2.24) is 4.98 Å². The molecule has 0 aliphatic carbocycles. The van der Waals surface area contributed by atoms with E-state index < -0.39 is 18.8 Å². The van der Waals surface area contributed by atoms with Gasteiger partial charge in [0.1, 0.15) is 11.6 Å². The highest BCUT2D eigenvalue weighted by molar-refractivity contribution is 6.58. The molecule has 0 saturated heterocycles. The van der Waals surface area contributed by atoms with E-state index in [0.29, 0.717) is 5.56 Å². The third kappa shape index (κ3) is 3.42. The molecule has 104 valence electrons. The topological polar surface area (TPSA) is 106 Å². The molecule has 0 aliphatic heterocycles. The molecule has 0 saturated carbocycles. The van der Waals surface area contributed by atoms with Gasteiger partial charge in [-0.15, -0.1) is 0 Å². The van der Waals surface area contributed by atoms with Crippen molar-refractivity contribution >= 4 is 24.3 Å². The van der Waals surface area contributed by atoms with Crippen molar-refractivity contribution in [3.8, 4) is 6.07 Å². The molecule has 1 aromatic carbocycles. The molecule has 1 heterocycles. The first-order chi connectivity index (χ1) is 10.0. The van der Waals surface area contributed by atoms with Crippen molar-refractivity contribution in [2.24, 2.45) is 0 Å². The zero-order valence-corrected chi connectivity index (χ0v) is 10.6. The minimum Gasteiger partial charge on any atom is -0.423 e. The van der Waals surface area contributed by atoms with Crippen LogP contribution in [0.5, 0.6) is 0 Å². The number of carbonyl (C=O) groups is 1. The van der Waals surface area contributed by atoms with Gasteiger partial charge in [-0.3, -0.25) is 4.79 Å². The highest BCUT2D eigenvalue weighted by Gasteiger charge is 2.18. The maximum absolute atomic E-state index is 13.6. The van der Waals surface area contributed by atoms with Crippen molar-refractivity contribution in [2.45, 2.75) is 0 Å². The Hall–Kier alpha value is -2.76. The summed E-state index contributed by atoms with van der Waals surface area (Å²) in [6, 6.07) is 8.00. The second-order valence-corrected chi connectivity index (χ2v) is 4.11. The lowest BCUT2D eigenvalue weighted by Gasteiger charge is -2.06. The number of benzene rings is 1. The van der Waals surface area contributed by atoms with Crippen LogP contribution in [0.4, 0.5) is 10.2 Å². The Morgan fingerprint density at radius 2 is 2.10 bits per heavy atom. The Morgan fingerprint density at radius 3 is 2.71 bits per heavy atom. The lowest BCUT2D eigenvalue weighted by molar-refractivity contribution is 0.102. The van der Waals surface area contributed by atoms with Crippen LogP contribution in [0.25, 0.3) is 0 Å². The molecule has 0 atom stereocenters. The van der Waals surface area contributed by atoms with Gasteiger partial charge in [-0.05, 0) is 24.3 Å². The number of halogens is 1. The van der Waals surface area contributed by atoms with Gasteiger partial charge in [-0.2, -0.15) is 5.26 Å². The number of amides is 1. The number of hydrogen-bond donors (Lipinski definition) is 3. The van der Waals surface area contributed by atoms with Crippen molar-refractivity contribution < 1.29 is 19.2 Å². The number of hydrogen-bond acceptors (Lipinski definition) is 5. The summed E-state index contributed by atoms with van der Waals surface area (Å²) in [5.74, 6) is -1.38. The highest BCUT2D eigenvalue weighted by Crippen LogP contribution is 2.09. The number of pyridine rings is 1. The Labute approximate surface area is 119 Å². The Balaban J connectivity index is 2.21. The van der Waals surface area contributed by atoms with Crippen LogP contribution in [-0.2, 0) is 0 Å². The molecule has 21 heavy (non-hydrogen) atoms. The predicted molar refractivity (Wildman–Crippen MR) is 73.1 cm³/mol. The quantitative estimate of drug-likeness (QED) is 0.689. The summed E-state index contributed by atoms with van der Waals surface area (Å²) < 4.78 is 13.6. The van der Waals surface area contributed by atoms with Crippen LogP contribution in [0.1, 0.15) is 15.9 Å². The first kappa shape index (κ1) is 14.6. The number of anilines is 1. The normalized spacial score (nSPS) is 9.81. The van der Waals surface area contributed by atoms with Gasteiger partial charge in [0.05, 0.1) is 11.6 Å². The maximum Gasteiger partial charge on any atom is 0.491 e. The maximum atomic E-state index is 13.6. The van der Waals surface area contributed by atoms with E-state index in [1.165, 1.54) is 24.4 Å². The van der Waals surface area contributed by atoms with E-state index in [1.807, 2.05) is 6.07 Å². The largest absolute Gasteiger partial charge is 0.491 e. The Morgan fingerprint density at radius 1 is 1.33 bits per heavy atom. The zero-order chi connectivity index (χ0) is 15.4. The molecule has 0 fully saturated rings. The van der Waals surface area contributed by atoms with E-state index in [0.717, 1.165) is 12.1 Å². The third-order valence-corrected chi connectivity index (χ3v) is 2.67. The summed E-state index contributed by atoms with van der Waals surface area (Å²) in [6.45, 7) is 0. The molecule has 3 N–H and O–H groups in total. The minimum absolute atomic E-state index is 0.0129.